The van der Waals surface area contributed by atoms with Gasteiger partial charge >= 0.3 is 17.9 Å². The van der Waals surface area contributed by atoms with Gasteiger partial charge in [0.1, 0.15) is 13.2 Å². The highest BCUT2D eigenvalue weighted by molar-refractivity contribution is 5.71. The summed E-state index contributed by atoms with van der Waals surface area (Å²) in [4.78, 5) is 37.7. The van der Waals surface area contributed by atoms with Gasteiger partial charge in [-0.15, -0.1) is 0 Å². The van der Waals surface area contributed by atoms with Crippen LogP contribution in [-0.2, 0) is 28.6 Å². The summed E-state index contributed by atoms with van der Waals surface area (Å²) in [5.41, 5.74) is 0. The van der Waals surface area contributed by atoms with Gasteiger partial charge in [0.25, 0.3) is 0 Å². The predicted octanol–water partition coefficient (Wildman–Crippen LogP) is 14.7. The molecule has 0 bridgehead atoms. The van der Waals surface area contributed by atoms with E-state index in [0.29, 0.717) is 19.3 Å². The van der Waals surface area contributed by atoms with Gasteiger partial charge in [0, 0.05) is 19.3 Å². The zero-order chi connectivity index (χ0) is 40.8. The van der Waals surface area contributed by atoms with Crippen LogP contribution in [0.25, 0.3) is 0 Å². The van der Waals surface area contributed by atoms with Crippen LogP contribution in [0.4, 0.5) is 0 Å². The molecule has 0 aliphatic carbocycles. The number of allylic oxidation sites excluding steroid dienone is 12. The fourth-order valence-electron chi connectivity index (χ4n) is 6.09. The molecule has 0 N–H and O–H groups in total. The summed E-state index contributed by atoms with van der Waals surface area (Å²) in [5, 5.41) is 0. The average molecular weight is 781 g/mol. The normalized spacial score (nSPS) is 12.7. The zero-order valence-electron chi connectivity index (χ0n) is 36.4. The number of carbonyl (C=O) groups is 3. The third-order valence-corrected chi connectivity index (χ3v) is 9.55. The Morgan fingerprint density at radius 3 is 1.32 bits per heavy atom. The molecule has 0 aromatic heterocycles. The van der Waals surface area contributed by atoms with E-state index in [2.05, 4.69) is 51.2 Å². The number of esters is 3. The molecule has 0 aliphatic rings. The van der Waals surface area contributed by atoms with Crippen LogP contribution in [0.1, 0.15) is 207 Å². The first-order valence-electron chi connectivity index (χ1n) is 23.0. The van der Waals surface area contributed by atoms with Gasteiger partial charge in [-0.2, -0.15) is 0 Å². The second kappa shape index (κ2) is 44.6. The topological polar surface area (TPSA) is 78.9 Å². The van der Waals surface area contributed by atoms with E-state index in [4.69, 9.17) is 14.2 Å². The molecule has 56 heavy (non-hydrogen) atoms. The van der Waals surface area contributed by atoms with Crippen molar-refractivity contribution >= 4 is 17.9 Å². The molecule has 6 nitrogen and oxygen atoms in total. The molecule has 1 unspecified atom stereocenters. The molecular formula is C50H84O6. The van der Waals surface area contributed by atoms with Crippen LogP contribution in [0, 0.1) is 0 Å². The Morgan fingerprint density at radius 2 is 0.804 bits per heavy atom. The van der Waals surface area contributed by atoms with Gasteiger partial charge in [-0.25, -0.2) is 0 Å². The first-order chi connectivity index (χ1) is 27.5. The lowest BCUT2D eigenvalue weighted by molar-refractivity contribution is -0.166. The van der Waals surface area contributed by atoms with E-state index < -0.39 is 12.1 Å². The zero-order valence-corrected chi connectivity index (χ0v) is 36.4. The molecule has 6 heteroatoms. The third kappa shape index (κ3) is 42.0. The minimum Gasteiger partial charge on any atom is -0.462 e. The second-order valence-corrected chi connectivity index (χ2v) is 15.0. The predicted molar refractivity (Wildman–Crippen MR) is 238 cm³/mol. The van der Waals surface area contributed by atoms with E-state index in [1.807, 2.05) is 42.5 Å². The molecule has 0 saturated heterocycles. The van der Waals surface area contributed by atoms with Crippen LogP contribution < -0.4 is 0 Å². The van der Waals surface area contributed by atoms with Crippen molar-refractivity contribution in [1.29, 1.82) is 0 Å². The lowest BCUT2D eigenvalue weighted by Gasteiger charge is -2.18. The number of rotatable bonds is 40. The van der Waals surface area contributed by atoms with Crippen LogP contribution in [0.15, 0.2) is 72.9 Å². The molecule has 0 fully saturated rings. The van der Waals surface area contributed by atoms with Gasteiger partial charge in [0.15, 0.2) is 6.10 Å². The molecule has 0 aromatic rings. The lowest BCUT2D eigenvalue weighted by Crippen LogP contribution is -2.30. The molecule has 1 atom stereocenters. The van der Waals surface area contributed by atoms with E-state index in [9.17, 15) is 14.4 Å². The molecule has 320 valence electrons. The Balaban J connectivity index is 4.52. The maximum Gasteiger partial charge on any atom is 0.306 e. The van der Waals surface area contributed by atoms with Gasteiger partial charge < -0.3 is 14.2 Å². The Bertz CT molecular complexity index is 1080. The summed E-state index contributed by atoms with van der Waals surface area (Å²) in [6.07, 6.45) is 54.7. The molecule has 0 spiro atoms. The van der Waals surface area contributed by atoms with Crippen molar-refractivity contribution < 1.29 is 28.6 Å². The van der Waals surface area contributed by atoms with E-state index in [0.717, 1.165) is 64.2 Å². The fourth-order valence-corrected chi connectivity index (χ4v) is 6.09. The van der Waals surface area contributed by atoms with Crippen molar-refractivity contribution in [1.82, 2.24) is 0 Å². The van der Waals surface area contributed by atoms with E-state index >= 15 is 0 Å². The SMILES string of the molecule is CC\C=C/C=C\C=C/C=C\CCCCCC(=O)OCC(COC(=O)CCCCCCCCCCCCCC)OC(=O)CC/C=C\C/C=C\CCCCCCCC. The van der Waals surface area contributed by atoms with E-state index in [-0.39, 0.29) is 31.6 Å². The molecule has 0 aliphatic heterocycles. The first-order valence-corrected chi connectivity index (χ1v) is 23.0. The lowest BCUT2D eigenvalue weighted by atomic mass is 10.0. The number of unbranched alkanes of at least 4 members (excludes halogenated alkanes) is 20. The maximum absolute atomic E-state index is 12.7. The Morgan fingerprint density at radius 1 is 0.393 bits per heavy atom. The van der Waals surface area contributed by atoms with Crippen LogP contribution in [0.5, 0.6) is 0 Å². The maximum atomic E-state index is 12.7. The van der Waals surface area contributed by atoms with Crippen molar-refractivity contribution in [3.05, 3.63) is 72.9 Å². The second-order valence-electron chi connectivity index (χ2n) is 15.0. The summed E-state index contributed by atoms with van der Waals surface area (Å²) >= 11 is 0. The Hall–Kier alpha value is -3.15. The van der Waals surface area contributed by atoms with Crippen LogP contribution in [-0.4, -0.2) is 37.2 Å². The van der Waals surface area contributed by atoms with Crippen molar-refractivity contribution in [2.24, 2.45) is 0 Å². The standard InChI is InChI=1S/C50H84O6/c1-4-7-10-13-16-19-22-25-28-31-34-37-40-43-49(52)55-46-47(45-54-48(51)42-39-36-33-30-27-24-21-18-15-12-9-6-3)56-50(53)44-41-38-35-32-29-26-23-20-17-14-11-8-5-2/h7,10,13,16,19,22,25-26,28-29,35,38,47H,4-6,8-9,11-12,14-15,17-18,20-21,23-24,27,30-34,36-37,39-46H2,1-3H3/b10-7-,16-13-,22-19-,28-25-,29-26-,38-35-. The number of ether oxygens (including phenoxy) is 3. The summed E-state index contributed by atoms with van der Waals surface area (Å²) in [7, 11) is 0. The van der Waals surface area contributed by atoms with Gasteiger partial charge in [-0.1, -0.05) is 203 Å². The smallest absolute Gasteiger partial charge is 0.306 e. The Kier molecular flexibility index (Phi) is 42.1. The average Bonchev–Trinajstić information content (AvgIpc) is 3.19. The highest BCUT2D eigenvalue weighted by atomic mass is 16.6. The number of hydrogen-bond acceptors (Lipinski definition) is 6. The largest absolute Gasteiger partial charge is 0.462 e. The minimum absolute atomic E-state index is 0.110. The first kappa shape index (κ1) is 52.9. The van der Waals surface area contributed by atoms with Crippen molar-refractivity contribution in [2.75, 3.05) is 13.2 Å². The van der Waals surface area contributed by atoms with Gasteiger partial charge in [0.2, 0.25) is 0 Å². The van der Waals surface area contributed by atoms with Gasteiger partial charge in [-0.3, -0.25) is 14.4 Å². The van der Waals surface area contributed by atoms with Crippen LogP contribution >= 0.6 is 0 Å². The summed E-state index contributed by atoms with van der Waals surface area (Å²) in [5.74, 6) is -1.02. The molecular weight excluding hydrogens is 697 g/mol. The molecule has 0 heterocycles. The molecule has 0 amide bonds. The quantitative estimate of drug-likeness (QED) is 0.0203. The fraction of sp³-hybridized carbons (Fsp3) is 0.700. The molecule has 0 radical (unpaired) electrons. The monoisotopic (exact) mass is 781 g/mol. The summed E-state index contributed by atoms with van der Waals surface area (Å²) in [6.45, 7) is 6.38. The molecule has 0 saturated carbocycles. The van der Waals surface area contributed by atoms with E-state index in [1.165, 1.54) is 96.3 Å². The minimum atomic E-state index is -0.818. The van der Waals surface area contributed by atoms with Gasteiger partial charge in [0.05, 0.1) is 0 Å². The summed E-state index contributed by atoms with van der Waals surface area (Å²) in [6, 6.07) is 0. The van der Waals surface area contributed by atoms with Gasteiger partial charge in [-0.05, 0) is 57.8 Å². The highest BCUT2D eigenvalue weighted by Crippen LogP contribution is 2.14. The third-order valence-electron chi connectivity index (χ3n) is 9.55. The van der Waals surface area contributed by atoms with E-state index in [1.54, 1.807) is 0 Å². The number of hydrogen-bond donors (Lipinski definition) is 0. The van der Waals surface area contributed by atoms with Crippen molar-refractivity contribution in [2.45, 2.75) is 213 Å². The molecule has 0 rings (SSSR count). The van der Waals surface area contributed by atoms with Crippen LogP contribution in [0.2, 0.25) is 0 Å². The van der Waals surface area contributed by atoms with Crippen molar-refractivity contribution in [3.63, 3.8) is 0 Å². The number of carbonyl (C=O) groups excluding carboxylic acids is 3. The highest BCUT2D eigenvalue weighted by Gasteiger charge is 2.19. The molecule has 0 aromatic carbocycles. The Labute approximate surface area is 344 Å². The van der Waals surface area contributed by atoms with Crippen molar-refractivity contribution in [3.8, 4) is 0 Å². The van der Waals surface area contributed by atoms with Crippen LogP contribution in [0.3, 0.4) is 0 Å². The summed E-state index contributed by atoms with van der Waals surface area (Å²) < 4.78 is 16.6.